The van der Waals surface area contributed by atoms with E-state index in [1.54, 1.807) is 13.3 Å². The summed E-state index contributed by atoms with van der Waals surface area (Å²) in [6.45, 7) is 3.85. The molecule has 0 fully saturated rings. The zero-order chi connectivity index (χ0) is 12.8. The van der Waals surface area contributed by atoms with Crippen LogP contribution in [-0.4, -0.2) is 21.6 Å². The summed E-state index contributed by atoms with van der Waals surface area (Å²) < 4.78 is 7.17. The molecule has 2 rings (SSSR count). The molecule has 5 nitrogen and oxygen atoms in total. The first-order chi connectivity index (χ1) is 8.83. The molecule has 0 saturated heterocycles. The van der Waals surface area contributed by atoms with E-state index in [0.717, 1.165) is 24.5 Å². The molecule has 0 spiro atoms. The second kappa shape index (κ2) is 6.05. The van der Waals surface area contributed by atoms with Crippen LogP contribution in [0, 0.1) is 0 Å². The SMILES string of the molecule is CCCn1ccnc1CNc1ccc(OC)nc1. The van der Waals surface area contributed by atoms with Gasteiger partial charge in [0.2, 0.25) is 5.88 Å². The van der Waals surface area contributed by atoms with Gasteiger partial charge in [0.05, 0.1) is 25.5 Å². The third kappa shape index (κ3) is 3.00. The number of aryl methyl sites for hydroxylation is 1. The van der Waals surface area contributed by atoms with Crippen molar-refractivity contribution in [2.45, 2.75) is 26.4 Å². The van der Waals surface area contributed by atoms with Crippen molar-refractivity contribution in [3.8, 4) is 5.88 Å². The van der Waals surface area contributed by atoms with Crippen LogP contribution in [-0.2, 0) is 13.1 Å². The Morgan fingerprint density at radius 3 is 2.89 bits per heavy atom. The van der Waals surface area contributed by atoms with Gasteiger partial charge in [-0.15, -0.1) is 0 Å². The number of hydrogen-bond acceptors (Lipinski definition) is 4. The Morgan fingerprint density at radius 1 is 1.33 bits per heavy atom. The Bertz CT molecular complexity index is 478. The molecular formula is C13H18N4O. The van der Waals surface area contributed by atoms with Crippen LogP contribution in [0.5, 0.6) is 5.88 Å². The number of methoxy groups -OCH3 is 1. The molecule has 2 aromatic rings. The molecule has 1 N–H and O–H groups in total. The number of imidazole rings is 1. The Hall–Kier alpha value is -2.04. The minimum absolute atomic E-state index is 0.619. The number of hydrogen-bond donors (Lipinski definition) is 1. The summed E-state index contributed by atoms with van der Waals surface area (Å²) in [7, 11) is 1.61. The van der Waals surface area contributed by atoms with E-state index in [2.05, 4.69) is 26.8 Å². The van der Waals surface area contributed by atoms with Gasteiger partial charge < -0.3 is 14.6 Å². The molecule has 0 atom stereocenters. The van der Waals surface area contributed by atoms with Gasteiger partial charge in [-0.05, 0) is 12.5 Å². The van der Waals surface area contributed by atoms with Gasteiger partial charge in [0.15, 0.2) is 0 Å². The largest absolute Gasteiger partial charge is 0.481 e. The average Bonchev–Trinajstić information content (AvgIpc) is 2.85. The lowest BCUT2D eigenvalue weighted by atomic mass is 10.4. The molecule has 0 unspecified atom stereocenters. The monoisotopic (exact) mass is 246 g/mol. The quantitative estimate of drug-likeness (QED) is 0.849. The molecule has 5 heteroatoms. The van der Waals surface area contributed by atoms with E-state index < -0.39 is 0 Å². The van der Waals surface area contributed by atoms with Crippen LogP contribution in [0.25, 0.3) is 0 Å². The smallest absolute Gasteiger partial charge is 0.213 e. The maximum absolute atomic E-state index is 5.02. The predicted octanol–water partition coefficient (Wildman–Crippen LogP) is 2.31. The Balaban J connectivity index is 1.95. The Morgan fingerprint density at radius 2 is 2.22 bits per heavy atom. The van der Waals surface area contributed by atoms with Crippen LogP contribution in [0.2, 0.25) is 0 Å². The Labute approximate surface area is 107 Å². The van der Waals surface area contributed by atoms with Crippen LogP contribution in [0.1, 0.15) is 19.2 Å². The maximum atomic E-state index is 5.02. The second-order valence-corrected chi connectivity index (χ2v) is 3.98. The highest BCUT2D eigenvalue weighted by Gasteiger charge is 2.02. The zero-order valence-corrected chi connectivity index (χ0v) is 10.8. The first-order valence-electron chi connectivity index (χ1n) is 6.07. The lowest BCUT2D eigenvalue weighted by Crippen LogP contribution is -2.08. The van der Waals surface area contributed by atoms with E-state index >= 15 is 0 Å². The minimum Gasteiger partial charge on any atom is -0.481 e. The van der Waals surface area contributed by atoms with E-state index in [0.29, 0.717) is 12.4 Å². The molecule has 0 aliphatic carbocycles. The highest BCUT2D eigenvalue weighted by Crippen LogP contribution is 2.12. The highest BCUT2D eigenvalue weighted by molar-refractivity contribution is 5.42. The van der Waals surface area contributed by atoms with Gasteiger partial charge in [-0.25, -0.2) is 9.97 Å². The van der Waals surface area contributed by atoms with Crippen molar-refractivity contribution in [1.29, 1.82) is 0 Å². The van der Waals surface area contributed by atoms with Crippen molar-refractivity contribution in [1.82, 2.24) is 14.5 Å². The second-order valence-electron chi connectivity index (χ2n) is 3.98. The van der Waals surface area contributed by atoms with Gasteiger partial charge in [-0.2, -0.15) is 0 Å². The van der Waals surface area contributed by atoms with Crippen molar-refractivity contribution in [2.75, 3.05) is 12.4 Å². The first-order valence-corrected chi connectivity index (χ1v) is 6.07. The number of anilines is 1. The molecule has 0 amide bonds. The molecule has 0 aromatic carbocycles. The first kappa shape index (κ1) is 12.4. The van der Waals surface area contributed by atoms with Crippen molar-refractivity contribution in [3.63, 3.8) is 0 Å². The normalized spacial score (nSPS) is 10.3. The number of nitrogens with one attached hydrogen (secondary N) is 1. The molecule has 2 heterocycles. The fraction of sp³-hybridized carbons (Fsp3) is 0.385. The predicted molar refractivity (Wildman–Crippen MR) is 70.6 cm³/mol. The summed E-state index contributed by atoms with van der Waals surface area (Å²) in [5.41, 5.74) is 0.960. The van der Waals surface area contributed by atoms with Gasteiger partial charge in [0.1, 0.15) is 5.82 Å². The maximum Gasteiger partial charge on any atom is 0.213 e. The summed E-state index contributed by atoms with van der Waals surface area (Å²) in [5.74, 6) is 1.65. The van der Waals surface area contributed by atoms with E-state index in [4.69, 9.17) is 4.74 Å². The van der Waals surface area contributed by atoms with Crippen molar-refractivity contribution < 1.29 is 4.74 Å². The van der Waals surface area contributed by atoms with E-state index in [1.807, 2.05) is 24.5 Å². The van der Waals surface area contributed by atoms with Gasteiger partial charge >= 0.3 is 0 Å². The molecule has 0 aliphatic heterocycles. The highest BCUT2D eigenvalue weighted by atomic mass is 16.5. The van der Waals surface area contributed by atoms with E-state index in [1.165, 1.54) is 0 Å². The Kier molecular flexibility index (Phi) is 4.17. The van der Waals surface area contributed by atoms with Crippen molar-refractivity contribution in [2.24, 2.45) is 0 Å². The third-order valence-electron chi connectivity index (χ3n) is 2.66. The number of nitrogens with zero attached hydrogens (tertiary/aromatic N) is 3. The van der Waals surface area contributed by atoms with Gasteiger partial charge in [0.25, 0.3) is 0 Å². The zero-order valence-electron chi connectivity index (χ0n) is 10.8. The average molecular weight is 246 g/mol. The van der Waals surface area contributed by atoms with Gasteiger partial charge in [-0.3, -0.25) is 0 Å². The number of ether oxygens (including phenoxy) is 1. The summed E-state index contributed by atoms with van der Waals surface area (Å²) in [6, 6.07) is 3.78. The summed E-state index contributed by atoms with van der Waals surface area (Å²) in [4.78, 5) is 8.48. The third-order valence-corrected chi connectivity index (χ3v) is 2.66. The summed E-state index contributed by atoms with van der Waals surface area (Å²) >= 11 is 0. The summed E-state index contributed by atoms with van der Waals surface area (Å²) in [5, 5.41) is 3.30. The fourth-order valence-electron chi connectivity index (χ4n) is 1.74. The topological polar surface area (TPSA) is 52.0 Å². The molecule has 0 aliphatic rings. The van der Waals surface area contributed by atoms with E-state index in [-0.39, 0.29) is 0 Å². The van der Waals surface area contributed by atoms with Crippen LogP contribution in [0.4, 0.5) is 5.69 Å². The lowest BCUT2D eigenvalue weighted by molar-refractivity contribution is 0.398. The van der Waals surface area contributed by atoms with Crippen LogP contribution in [0.15, 0.2) is 30.7 Å². The van der Waals surface area contributed by atoms with Gasteiger partial charge in [0, 0.05) is 25.0 Å². The molecule has 96 valence electrons. The molecule has 0 radical (unpaired) electrons. The lowest BCUT2D eigenvalue weighted by Gasteiger charge is -2.08. The standard InChI is InChI=1S/C13H18N4O/c1-3-7-17-8-6-14-12(17)10-15-11-4-5-13(18-2)16-9-11/h4-6,8-9,15H,3,7,10H2,1-2H3. The van der Waals surface area contributed by atoms with Crippen LogP contribution < -0.4 is 10.1 Å². The minimum atomic E-state index is 0.619. The number of rotatable bonds is 6. The molecule has 18 heavy (non-hydrogen) atoms. The molecule has 0 saturated carbocycles. The molecular weight excluding hydrogens is 228 g/mol. The van der Waals surface area contributed by atoms with Crippen molar-refractivity contribution in [3.05, 3.63) is 36.5 Å². The molecule has 0 bridgehead atoms. The van der Waals surface area contributed by atoms with Crippen molar-refractivity contribution >= 4 is 5.69 Å². The number of pyridine rings is 1. The van der Waals surface area contributed by atoms with Crippen LogP contribution >= 0.6 is 0 Å². The van der Waals surface area contributed by atoms with E-state index in [9.17, 15) is 0 Å². The molecule has 2 aromatic heterocycles. The summed E-state index contributed by atoms with van der Waals surface area (Å²) in [6.07, 6.45) is 6.70. The fourth-order valence-corrected chi connectivity index (χ4v) is 1.74. The number of aromatic nitrogens is 3. The van der Waals surface area contributed by atoms with Crippen LogP contribution in [0.3, 0.4) is 0 Å². The van der Waals surface area contributed by atoms with Gasteiger partial charge in [-0.1, -0.05) is 6.92 Å².